The molecule has 0 spiro atoms. The molecule has 0 unspecified atom stereocenters. The van der Waals surface area contributed by atoms with Gasteiger partial charge in [-0.05, 0) is 44.4 Å². The number of hydrogen-bond acceptors (Lipinski definition) is 5. The third-order valence-corrected chi connectivity index (χ3v) is 7.83. The molecule has 8 heteroatoms. The Balaban J connectivity index is 2.01. The second-order valence-corrected chi connectivity index (χ2v) is 10.3. The van der Waals surface area contributed by atoms with Gasteiger partial charge in [-0.15, -0.1) is 0 Å². The number of hydrogen-bond donors (Lipinski definition) is 1. The number of sulfonamides is 1. The average Bonchev–Trinajstić information content (AvgIpc) is 3.55. The fourth-order valence-corrected chi connectivity index (χ4v) is 5.58. The summed E-state index contributed by atoms with van der Waals surface area (Å²) in [6.45, 7) is 5.82. The first kappa shape index (κ1) is 22.8. The standard InChI is InChI=1S/C22H32N2O5S/c1-5-6-17-7-10-21-19(11-17)29-20(13-23(4)22(26)18-8-9-18)15(2)12-24(16(3)14-25)30(21,27)28/h5-7,10-11,15-16,18,20,25H,8-9,12-14H2,1-4H3/b6-5+/t15-,16-,20+/m1/s1. The van der Waals surface area contributed by atoms with Gasteiger partial charge >= 0.3 is 0 Å². The molecule has 1 heterocycles. The fourth-order valence-electron chi connectivity index (χ4n) is 3.76. The van der Waals surface area contributed by atoms with Gasteiger partial charge in [-0.25, -0.2) is 8.42 Å². The molecule has 7 nitrogen and oxygen atoms in total. The maximum Gasteiger partial charge on any atom is 0.247 e. The summed E-state index contributed by atoms with van der Waals surface area (Å²) >= 11 is 0. The summed E-state index contributed by atoms with van der Waals surface area (Å²) in [4.78, 5) is 14.3. The Bertz CT molecular complexity index is 910. The number of likely N-dealkylation sites (N-methyl/N-ethyl adjacent to an activating group) is 1. The number of aliphatic hydroxyl groups is 1. The molecule has 3 atom stereocenters. The van der Waals surface area contributed by atoms with Gasteiger partial charge in [0.05, 0.1) is 13.2 Å². The molecule has 1 aromatic carbocycles. The van der Waals surface area contributed by atoms with Crippen LogP contribution in [0.15, 0.2) is 29.2 Å². The smallest absolute Gasteiger partial charge is 0.247 e. The van der Waals surface area contributed by atoms with Crippen molar-refractivity contribution in [3.63, 3.8) is 0 Å². The van der Waals surface area contributed by atoms with Crippen LogP contribution in [0.3, 0.4) is 0 Å². The van der Waals surface area contributed by atoms with Crippen LogP contribution in [0.2, 0.25) is 0 Å². The number of carbonyl (C=O) groups is 1. The largest absolute Gasteiger partial charge is 0.487 e. The lowest BCUT2D eigenvalue weighted by Gasteiger charge is -2.37. The summed E-state index contributed by atoms with van der Waals surface area (Å²) in [6, 6.07) is 4.46. The van der Waals surface area contributed by atoms with E-state index in [0.29, 0.717) is 6.54 Å². The van der Waals surface area contributed by atoms with Crippen LogP contribution in [-0.2, 0) is 14.8 Å². The highest BCUT2D eigenvalue weighted by atomic mass is 32.2. The number of rotatable bonds is 6. The summed E-state index contributed by atoms with van der Waals surface area (Å²) in [5.74, 6) is 0.328. The molecule has 0 aromatic heterocycles. The number of allylic oxidation sites excluding steroid dienone is 1. The number of carbonyl (C=O) groups excluding carboxylic acids is 1. The Hall–Kier alpha value is -1.90. The molecule has 1 amide bonds. The number of amides is 1. The minimum atomic E-state index is -3.85. The van der Waals surface area contributed by atoms with Crippen LogP contribution in [-0.4, -0.2) is 67.5 Å². The number of ether oxygens (including phenoxy) is 1. The van der Waals surface area contributed by atoms with Crippen molar-refractivity contribution in [2.75, 3.05) is 26.7 Å². The number of nitrogens with zero attached hydrogens (tertiary/aromatic N) is 2. The quantitative estimate of drug-likeness (QED) is 0.740. The van der Waals surface area contributed by atoms with Gasteiger partial charge in [-0.2, -0.15) is 4.31 Å². The van der Waals surface area contributed by atoms with Crippen LogP contribution in [0.4, 0.5) is 0 Å². The Labute approximate surface area is 179 Å². The Kier molecular flexibility index (Phi) is 6.89. The zero-order chi connectivity index (χ0) is 22.1. The predicted molar refractivity (Wildman–Crippen MR) is 116 cm³/mol. The number of aliphatic hydroxyl groups excluding tert-OH is 1. The van der Waals surface area contributed by atoms with Crippen LogP contribution in [0.1, 0.15) is 39.2 Å². The molecule has 1 saturated carbocycles. The van der Waals surface area contributed by atoms with E-state index in [1.165, 1.54) is 4.31 Å². The van der Waals surface area contributed by atoms with Crippen LogP contribution >= 0.6 is 0 Å². The molecule has 1 N–H and O–H groups in total. The van der Waals surface area contributed by atoms with Gasteiger partial charge in [0.15, 0.2) is 0 Å². The summed E-state index contributed by atoms with van der Waals surface area (Å²) in [5.41, 5.74) is 0.836. The van der Waals surface area contributed by atoms with Crippen molar-refractivity contribution in [3.05, 3.63) is 29.8 Å². The van der Waals surface area contributed by atoms with Gasteiger partial charge in [0, 0.05) is 31.5 Å². The minimum Gasteiger partial charge on any atom is -0.487 e. The first-order valence-electron chi connectivity index (χ1n) is 10.5. The average molecular weight is 437 g/mol. The van der Waals surface area contributed by atoms with E-state index in [0.717, 1.165) is 18.4 Å². The van der Waals surface area contributed by atoms with Gasteiger partial charge in [-0.3, -0.25) is 4.79 Å². The molecule has 1 fully saturated rings. The molecule has 2 aliphatic rings. The summed E-state index contributed by atoms with van der Waals surface area (Å²) < 4.78 is 34.4. The van der Waals surface area contributed by atoms with E-state index < -0.39 is 16.1 Å². The second kappa shape index (κ2) is 9.08. The zero-order valence-corrected chi connectivity index (χ0v) is 18.9. The van der Waals surface area contributed by atoms with Gasteiger partial charge in [-0.1, -0.05) is 25.1 Å². The van der Waals surface area contributed by atoms with Crippen molar-refractivity contribution in [2.45, 2.75) is 50.7 Å². The molecule has 0 saturated heterocycles. The summed E-state index contributed by atoms with van der Waals surface area (Å²) in [7, 11) is -2.07. The van der Waals surface area contributed by atoms with Gasteiger partial charge in [0.25, 0.3) is 0 Å². The lowest BCUT2D eigenvalue weighted by Crippen LogP contribution is -2.50. The first-order valence-corrected chi connectivity index (χ1v) is 11.9. The second-order valence-electron chi connectivity index (χ2n) is 8.44. The molecule has 1 aliphatic carbocycles. The third-order valence-electron chi connectivity index (χ3n) is 5.81. The van der Waals surface area contributed by atoms with E-state index >= 15 is 0 Å². The number of fused-ring (bicyclic) bond motifs is 1. The van der Waals surface area contributed by atoms with Crippen LogP contribution in [0, 0.1) is 11.8 Å². The number of benzene rings is 1. The van der Waals surface area contributed by atoms with Crippen molar-refractivity contribution in [2.24, 2.45) is 11.8 Å². The Morgan fingerprint density at radius 1 is 1.40 bits per heavy atom. The summed E-state index contributed by atoms with van der Waals surface area (Å²) in [6.07, 6.45) is 5.24. The molecule has 3 rings (SSSR count). The third kappa shape index (κ3) is 4.71. The molecular formula is C22H32N2O5S. The molecule has 1 aromatic rings. The Morgan fingerprint density at radius 3 is 2.70 bits per heavy atom. The zero-order valence-electron chi connectivity index (χ0n) is 18.1. The van der Waals surface area contributed by atoms with E-state index in [-0.39, 0.29) is 47.6 Å². The van der Waals surface area contributed by atoms with E-state index in [2.05, 4.69) is 0 Å². The van der Waals surface area contributed by atoms with Crippen molar-refractivity contribution >= 4 is 22.0 Å². The topological polar surface area (TPSA) is 87.2 Å². The van der Waals surface area contributed by atoms with Crippen molar-refractivity contribution in [3.8, 4) is 5.75 Å². The predicted octanol–water partition coefficient (Wildman–Crippen LogP) is 2.36. The molecule has 1 aliphatic heterocycles. The van der Waals surface area contributed by atoms with E-state index in [1.807, 2.05) is 26.0 Å². The van der Waals surface area contributed by atoms with Gasteiger partial charge in [0.2, 0.25) is 15.9 Å². The molecular weight excluding hydrogens is 404 g/mol. The van der Waals surface area contributed by atoms with E-state index in [1.54, 1.807) is 37.1 Å². The summed E-state index contributed by atoms with van der Waals surface area (Å²) in [5, 5.41) is 9.68. The highest BCUT2D eigenvalue weighted by Gasteiger charge is 2.39. The maximum atomic E-state index is 13.4. The highest BCUT2D eigenvalue weighted by molar-refractivity contribution is 7.89. The molecule has 30 heavy (non-hydrogen) atoms. The lowest BCUT2D eigenvalue weighted by atomic mass is 10.0. The van der Waals surface area contributed by atoms with Crippen molar-refractivity contribution in [1.82, 2.24) is 9.21 Å². The maximum absolute atomic E-state index is 13.4. The van der Waals surface area contributed by atoms with Gasteiger partial charge < -0.3 is 14.7 Å². The van der Waals surface area contributed by atoms with Crippen LogP contribution in [0.5, 0.6) is 5.75 Å². The first-order chi connectivity index (χ1) is 14.2. The van der Waals surface area contributed by atoms with E-state index in [9.17, 15) is 18.3 Å². The fraction of sp³-hybridized carbons (Fsp3) is 0.591. The van der Waals surface area contributed by atoms with Gasteiger partial charge in [0.1, 0.15) is 16.7 Å². The normalized spacial score (nSPS) is 25.1. The van der Waals surface area contributed by atoms with Crippen molar-refractivity contribution < 1.29 is 23.1 Å². The van der Waals surface area contributed by atoms with Crippen LogP contribution in [0.25, 0.3) is 6.08 Å². The van der Waals surface area contributed by atoms with Crippen molar-refractivity contribution in [1.29, 1.82) is 0 Å². The van der Waals surface area contributed by atoms with Crippen LogP contribution < -0.4 is 4.74 Å². The molecule has 0 radical (unpaired) electrons. The SMILES string of the molecule is C/C=C/c1ccc2c(c1)O[C@@H](CN(C)C(=O)C1CC1)[C@H](C)CN([C@H](C)CO)S2(=O)=O. The lowest BCUT2D eigenvalue weighted by molar-refractivity contribution is -0.132. The monoisotopic (exact) mass is 436 g/mol. The van der Waals surface area contributed by atoms with E-state index in [4.69, 9.17) is 4.74 Å². The Morgan fingerprint density at radius 2 is 2.10 bits per heavy atom. The molecule has 0 bridgehead atoms. The highest BCUT2D eigenvalue weighted by Crippen LogP contribution is 2.35. The minimum absolute atomic E-state index is 0.0872. The molecule has 166 valence electrons.